The molecule has 0 saturated carbocycles. The van der Waals surface area contributed by atoms with Crippen LogP contribution in [0.4, 0.5) is 13.2 Å². The molecule has 0 unspecified atom stereocenters. The van der Waals surface area contributed by atoms with Crippen LogP contribution in [0.25, 0.3) is 0 Å². The van der Waals surface area contributed by atoms with Crippen molar-refractivity contribution in [3.8, 4) is 5.75 Å². The van der Waals surface area contributed by atoms with Crippen LogP contribution in [0.15, 0.2) is 23.2 Å². The molecule has 1 rings (SSSR count). The summed E-state index contributed by atoms with van der Waals surface area (Å²) in [7, 11) is 0. The van der Waals surface area contributed by atoms with Crippen molar-refractivity contribution >= 4 is 35.8 Å². The molecule has 0 aliphatic carbocycles. The second-order valence-corrected chi connectivity index (χ2v) is 7.14. The molecule has 3 N–H and O–H groups in total. The molecule has 0 bridgehead atoms. The van der Waals surface area contributed by atoms with E-state index in [1.165, 1.54) is 19.1 Å². The molecule has 1 amide bonds. The van der Waals surface area contributed by atoms with Gasteiger partial charge in [-0.1, -0.05) is 6.07 Å². The minimum absolute atomic E-state index is 0. The van der Waals surface area contributed by atoms with Crippen molar-refractivity contribution in [2.24, 2.45) is 4.99 Å². The van der Waals surface area contributed by atoms with Crippen molar-refractivity contribution in [3.63, 3.8) is 0 Å². The van der Waals surface area contributed by atoms with E-state index < -0.39 is 17.3 Å². The summed E-state index contributed by atoms with van der Waals surface area (Å²) >= 11 is 0. The number of benzene rings is 1. The van der Waals surface area contributed by atoms with Crippen LogP contribution >= 0.6 is 24.0 Å². The Morgan fingerprint density at radius 2 is 1.72 bits per heavy atom. The maximum absolute atomic E-state index is 13.5. The maximum Gasteiger partial charge on any atom is 0.416 e. The lowest BCUT2D eigenvalue weighted by atomic mass is 10.1. The largest absolute Gasteiger partial charge is 0.488 e. The zero-order valence-corrected chi connectivity index (χ0v) is 19.7. The Balaban J connectivity index is 0.00000784. The third-order valence-electron chi connectivity index (χ3n) is 3.35. The van der Waals surface area contributed by atoms with E-state index in [1.54, 1.807) is 20.8 Å². The van der Waals surface area contributed by atoms with Gasteiger partial charge in [0, 0.05) is 26.6 Å². The first-order chi connectivity index (χ1) is 12.9. The number of ether oxygens (including phenoxy) is 1. The average Bonchev–Trinajstić information content (AvgIpc) is 2.54. The Labute approximate surface area is 187 Å². The second-order valence-electron chi connectivity index (χ2n) is 7.14. The first kappa shape index (κ1) is 27.3. The molecule has 0 saturated heterocycles. The molecule has 0 aliphatic heterocycles. The quantitative estimate of drug-likeness (QED) is 0.218. The van der Waals surface area contributed by atoms with Crippen LogP contribution < -0.4 is 20.7 Å². The van der Waals surface area contributed by atoms with Gasteiger partial charge in [-0.15, -0.1) is 24.0 Å². The summed E-state index contributed by atoms with van der Waals surface area (Å²) in [6.45, 7) is 9.75. The number of halogens is 4. The SMILES string of the molecule is CCNC(=NCc1ccc(OC(C)(C)C)cc1C(F)(F)F)NCCNC(C)=O.I. The van der Waals surface area contributed by atoms with Crippen LogP contribution in [-0.4, -0.2) is 37.1 Å². The van der Waals surface area contributed by atoms with Crippen molar-refractivity contribution in [2.75, 3.05) is 19.6 Å². The van der Waals surface area contributed by atoms with Crippen LogP contribution in [0, 0.1) is 0 Å². The van der Waals surface area contributed by atoms with Crippen LogP contribution in [-0.2, 0) is 17.5 Å². The Morgan fingerprint density at radius 1 is 1.10 bits per heavy atom. The zero-order chi connectivity index (χ0) is 21.4. The number of nitrogens with zero attached hydrogens (tertiary/aromatic N) is 1. The van der Waals surface area contributed by atoms with Crippen LogP contribution in [0.3, 0.4) is 0 Å². The van der Waals surface area contributed by atoms with E-state index in [0.29, 0.717) is 25.6 Å². The van der Waals surface area contributed by atoms with E-state index in [-0.39, 0.29) is 47.7 Å². The molecular weight excluding hydrogens is 500 g/mol. The van der Waals surface area contributed by atoms with Gasteiger partial charge in [0.05, 0.1) is 12.1 Å². The van der Waals surface area contributed by atoms with E-state index in [1.807, 2.05) is 6.92 Å². The lowest BCUT2D eigenvalue weighted by Gasteiger charge is -2.22. The summed E-state index contributed by atoms with van der Waals surface area (Å²) in [6, 6.07) is 3.91. The summed E-state index contributed by atoms with van der Waals surface area (Å²) in [4.78, 5) is 15.1. The molecule has 0 aromatic heterocycles. The number of aliphatic imine (C=N–C) groups is 1. The highest BCUT2D eigenvalue weighted by atomic mass is 127. The van der Waals surface area contributed by atoms with Gasteiger partial charge in [0.25, 0.3) is 0 Å². The van der Waals surface area contributed by atoms with Gasteiger partial charge in [0.15, 0.2) is 5.96 Å². The summed E-state index contributed by atoms with van der Waals surface area (Å²) in [6.07, 6.45) is -4.51. The number of hydrogen-bond donors (Lipinski definition) is 3. The van der Waals surface area contributed by atoms with Gasteiger partial charge in [-0.05, 0) is 45.4 Å². The van der Waals surface area contributed by atoms with Gasteiger partial charge >= 0.3 is 6.18 Å². The predicted octanol–water partition coefficient (Wildman–Crippen LogP) is 3.69. The van der Waals surface area contributed by atoms with Crippen LogP contribution in [0.2, 0.25) is 0 Å². The molecule has 1 aromatic carbocycles. The minimum Gasteiger partial charge on any atom is -0.488 e. The Morgan fingerprint density at radius 3 is 2.24 bits per heavy atom. The molecule has 0 aliphatic rings. The Hall–Kier alpha value is -1.72. The van der Waals surface area contributed by atoms with E-state index in [2.05, 4.69) is 20.9 Å². The van der Waals surface area contributed by atoms with Crippen molar-refractivity contribution in [1.29, 1.82) is 0 Å². The highest BCUT2D eigenvalue weighted by Gasteiger charge is 2.34. The molecular formula is C19H30F3IN4O2. The number of carbonyl (C=O) groups excluding carboxylic acids is 1. The number of amides is 1. The highest BCUT2D eigenvalue weighted by Crippen LogP contribution is 2.35. The van der Waals surface area contributed by atoms with Crippen LogP contribution in [0.1, 0.15) is 45.7 Å². The summed E-state index contributed by atoms with van der Waals surface area (Å²) in [5.41, 5.74) is -1.32. The van der Waals surface area contributed by atoms with Gasteiger partial charge in [-0.3, -0.25) is 4.79 Å². The first-order valence-electron chi connectivity index (χ1n) is 9.08. The number of guanidine groups is 1. The Bertz CT molecular complexity index is 689. The smallest absolute Gasteiger partial charge is 0.416 e. The molecule has 0 atom stereocenters. The van der Waals surface area contributed by atoms with Gasteiger partial charge in [-0.25, -0.2) is 4.99 Å². The third-order valence-corrected chi connectivity index (χ3v) is 3.35. The zero-order valence-electron chi connectivity index (χ0n) is 17.4. The molecule has 166 valence electrons. The molecule has 0 heterocycles. The van der Waals surface area contributed by atoms with Crippen molar-refractivity contribution < 1.29 is 22.7 Å². The van der Waals surface area contributed by atoms with Gasteiger partial charge in [0.2, 0.25) is 5.91 Å². The minimum atomic E-state index is -4.51. The van der Waals surface area contributed by atoms with E-state index in [0.717, 1.165) is 6.07 Å². The molecule has 29 heavy (non-hydrogen) atoms. The van der Waals surface area contributed by atoms with E-state index in [9.17, 15) is 18.0 Å². The normalized spacial score (nSPS) is 12.1. The topological polar surface area (TPSA) is 74.8 Å². The van der Waals surface area contributed by atoms with Gasteiger partial charge < -0.3 is 20.7 Å². The maximum atomic E-state index is 13.5. The van der Waals surface area contributed by atoms with Crippen LogP contribution in [0.5, 0.6) is 5.75 Å². The molecule has 1 aromatic rings. The molecule has 6 nitrogen and oxygen atoms in total. The average molecular weight is 530 g/mol. The Kier molecular flexibility index (Phi) is 11.4. The molecule has 10 heteroatoms. The fraction of sp³-hybridized carbons (Fsp3) is 0.579. The predicted molar refractivity (Wildman–Crippen MR) is 119 cm³/mol. The van der Waals surface area contributed by atoms with Gasteiger partial charge in [-0.2, -0.15) is 13.2 Å². The third kappa shape index (κ3) is 11.1. The highest BCUT2D eigenvalue weighted by molar-refractivity contribution is 14.0. The molecule has 0 radical (unpaired) electrons. The summed E-state index contributed by atoms with van der Waals surface area (Å²) < 4.78 is 46.0. The molecule has 0 fully saturated rings. The first-order valence-corrected chi connectivity index (χ1v) is 9.08. The summed E-state index contributed by atoms with van der Waals surface area (Å²) in [5, 5.41) is 8.55. The number of hydrogen-bond acceptors (Lipinski definition) is 3. The monoisotopic (exact) mass is 530 g/mol. The van der Waals surface area contributed by atoms with Crippen molar-refractivity contribution in [3.05, 3.63) is 29.3 Å². The summed E-state index contributed by atoms with van der Waals surface area (Å²) in [5.74, 6) is 0.375. The van der Waals surface area contributed by atoms with Gasteiger partial charge in [0.1, 0.15) is 11.4 Å². The molecule has 0 spiro atoms. The van der Waals surface area contributed by atoms with Crippen molar-refractivity contribution in [1.82, 2.24) is 16.0 Å². The van der Waals surface area contributed by atoms with E-state index in [4.69, 9.17) is 4.74 Å². The van der Waals surface area contributed by atoms with E-state index >= 15 is 0 Å². The standard InChI is InChI=1S/C19H29F3N4O2.HI/c1-6-23-17(25-10-9-24-13(2)27)26-12-14-7-8-15(28-18(3,4)5)11-16(14)19(20,21)22;/h7-8,11H,6,9-10,12H2,1-5H3,(H,24,27)(H2,23,25,26);1H. The number of carbonyl (C=O) groups is 1. The second kappa shape index (κ2) is 12.1. The number of alkyl halides is 3. The number of rotatable bonds is 7. The number of nitrogens with one attached hydrogen (secondary N) is 3. The lowest BCUT2D eigenvalue weighted by molar-refractivity contribution is -0.138. The fourth-order valence-electron chi connectivity index (χ4n) is 2.30. The lowest BCUT2D eigenvalue weighted by Crippen LogP contribution is -2.41. The van der Waals surface area contributed by atoms with Crippen molar-refractivity contribution in [2.45, 2.75) is 52.9 Å². The fourth-order valence-corrected chi connectivity index (χ4v) is 2.30.